The van der Waals surface area contributed by atoms with Crippen LogP contribution in [0.3, 0.4) is 0 Å². The number of ketones is 1. The second-order valence-corrected chi connectivity index (χ2v) is 6.47. The van der Waals surface area contributed by atoms with E-state index in [0.29, 0.717) is 30.6 Å². The molecular formula is C22H27N6NaO5. The molecule has 0 unspecified atom stereocenters. The summed E-state index contributed by atoms with van der Waals surface area (Å²) in [6.07, 6.45) is 4.27. The van der Waals surface area contributed by atoms with Crippen molar-refractivity contribution in [2.75, 3.05) is 11.1 Å². The van der Waals surface area contributed by atoms with Gasteiger partial charge in [-0.05, 0) is 13.3 Å². The summed E-state index contributed by atoms with van der Waals surface area (Å²) in [5.41, 5.74) is 7.23. The molecule has 0 atom stereocenters. The summed E-state index contributed by atoms with van der Waals surface area (Å²) in [4.78, 5) is 56.9. The number of nitrogens with one attached hydrogen (secondary N) is 2. The van der Waals surface area contributed by atoms with Crippen molar-refractivity contribution >= 4 is 40.8 Å². The average Bonchev–Trinajstić information content (AvgIpc) is 2.79. The Labute approximate surface area is 218 Å². The van der Waals surface area contributed by atoms with Gasteiger partial charge in [-0.15, -0.1) is 0 Å². The average molecular weight is 478 g/mol. The first-order valence-electron chi connectivity index (χ1n) is 10.2. The van der Waals surface area contributed by atoms with Gasteiger partial charge in [0.15, 0.2) is 11.2 Å². The third-order valence-electron chi connectivity index (χ3n) is 3.88. The number of aliphatic carboxylic acids is 1. The molecule has 5 N–H and O–H groups in total. The van der Waals surface area contributed by atoms with Crippen LogP contribution in [0.25, 0.3) is 11.2 Å². The number of H-pyrrole nitrogens is 1. The van der Waals surface area contributed by atoms with E-state index in [9.17, 15) is 19.2 Å². The number of carboxylic acid groups (broad SMARTS) is 1. The summed E-state index contributed by atoms with van der Waals surface area (Å²) in [5, 5.41) is 11.2. The van der Waals surface area contributed by atoms with Crippen molar-refractivity contribution in [3.05, 3.63) is 52.1 Å². The van der Waals surface area contributed by atoms with Crippen LogP contribution in [0.5, 0.6) is 0 Å². The van der Waals surface area contributed by atoms with Gasteiger partial charge in [0.1, 0.15) is 5.78 Å². The van der Waals surface area contributed by atoms with E-state index in [4.69, 9.17) is 10.8 Å². The van der Waals surface area contributed by atoms with Gasteiger partial charge in [-0.2, -0.15) is 22.7 Å². The van der Waals surface area contributed by atoms with Crippen LogP contribution in [0.15, 0.2) is 35.3 Å². The number of hydrogen-bond acceptors (Lipinski definition) is 9. The topological polar surface area (TPSA) is 181 Å². The van der Waals surface area contributed by atoms with Crippen molar-refractivity contribution in [1.82, 2.24) is 19.9 Å². The first kappa shape index (κ1) is 30.9. The molecule has 0 bridgehead atoms. The first-order valence-corrected chi connectivity index (χ1v) is 10.2. The molecule has 0 fully saturated rings. The molecule has 0 saturated heterocycles. The van der Waals surface area contributed by atoms with E-state index in [1.807, 2.05) is 13.8 Å². The minimum atomic E-state index is -0.837. The molecule has 0 aliphatic rings. The Kier molecular flexibility index (Phi) is 14.9. The fraction of sp³-hybridized carbons (Fsp3) is 0.318. The summed E-state index contributed by atoms with van der Waals surface area (Å²) in [6, 6.07) is 6.81. The number of nitrogens with two attached hydrogens (primary N) is 1. The Bertz CT molecular complexity index is 1120. The number of nitrogens with zero attached hydrogens (tertiary/aromatic N) is 3. The zero-order valence-corrected chi connectivity index (χ0v) is 21.7. The zero-order valence-electron chi connectivity index (χ0n) is 19.7. The molecule has 3 aromatic rings. The van der Waals surface area contributed by atoms with Crippen LogP contribution < -0.4 is 46.2 Å². The quantitative estimate of drug-likeness (QED) is 0.237. The van der Waals surface area contributed by atoms with Crippen LogP contribution in [-0.4, -0.2) is 43.1 Å². The van der Waals surface area contributed by atoms with E-state index in [0.717, 1.165) is 5.69 Å². The molecular weight excluding hydrogens is 451 g/mol. The number of aromatic nitrogens is 4. The van der Waals surface area contributed by atoms with Gasteiger partial charge in [-0.25, -0.2) is 9.97 Å². The predicted octanol–water partition coefficient (Wildman–Crippen LogP) is -0.774. The van der Waals surface area contributed by atoms with Gasteiger partial charge in [0.25, 0.3) is 5.56 Å². The number of anilines is 2. The van der Waals surface area contributed by atoms with Crippen molar-refractivity contribution in [2.24, 2.45) is 0 Å². The van der Waals surface area contributed by atoms with Crippen molar-refractivity contribution < 1.29 is 49.0 Å². The number of fused-ring (bicyclic) bond motifs is 1. The van der Waals surface area contributed by atoms with Gasteiger partial charge < -0.3 is 25.7 Å². The van der Waals surface area contributed by atoms with Crippen molar-refractivity contribution in [1.29, 1.82) is 0 Å². The molecule has 0 radical (unpaired) electrons. The molecule has 2 aromatic heterocycles. The number of rotatable bonds is 8. The summed E-state index contributed by atoms with van der Waals surface area (Å²) < 4.78 is 0. The fourth-order valence-corrected chi connectivity index (χ4v) is 2.39. The Balaban J connectivity index is 0.000000776. The number of nitrogen functional groups attached to an aromatic ring is 1. The Hall–Kier alpha value is -3.15. The maximum atomic E-state index is 11.8. The summed E-state index contributed by atoms with van der Waals surface area (Å²) in [6.45, 7) is 5.83. The monoisotopic (exact) mass is 478 g/mol. The number of carbonyl (C=O) groups excluding carboxylic acids is 2. The smallest absolute Gasteiger partial charge is 0.481 e. The molecule has 1 aromatic carbocycles. The molecule has 3 rings (SSSR count). The molecule has 0 saturated carbocycles. The third kappa shape index (κ3) is 11.1. The molecule has 11 nitrogen and oxygen atoms in total. The maximum absolute atomic E-state index is 11.8. The van der Waals surface area contributed by atoms with Crippen molar-refractivity contribution in [3.63, 3.8) is 0 Å². The minimum Gasteiger partial charge on any atom is -0.481 e. The van der Waals surface area contributed by atoms with Crippen LogP contribution in [0, 0.1) is 0 Å². The van der Waals surface area contributed by atoms with Gasteiger partial charge >= 0.3 is 35.5 Å². The van der Waals surface area contributed by atoms with Crippen LogP contribution in [0.2, 0.25) is 0 Å². The van der Waals surface area contributed by atoms with E-state index in [1.165, 1.54) is 13.1 Å². The number of benzene rings is 1. The van der Waals surface area contributed by atoms with E-state index in [-0.39, 0.29) is 58.9 Å². The predicted molar refractivity (Wildman–Crippen MR) is 124 cm³/mol. The molecule has 0 aliphatic carbocycles. The Morgan fingerprint density at radius 1 is 1.15 bits per heavy atom. The normalized spacial score (nSPS) is 9.38. The summed E-state index contributed by atoms with van der Waals surface area (Å²) in [5.74, 6) is -0.780. The molecule has 0 spiro atoms. The number of Topliss-reactive ketones (excluding diaryl/α,β-unsaturated/α-hetero) is 1. The van der Waals surface area contributed by atoms with Crippen LogP contribution >= 0.6 is 0 Å². The first-order chi connectivity index (χ1) is 15.8. The standard InChI is InChI=1S/C14H11N6O2.C6H10O3.C2H6.Na/c15-14-19-12-11(13(22)20-14)18-10(6-17-12)5-16-9-3-1-8(7-21)2-4-9;1-5(7)3-2-4-6(8)9;1-2;/h1-4,6,16H,5H2,(H3,15,17,19,20,22);2-4H2,1H3,(H,8,9);1-2H3;/q-1;;;+1. The van der Waals surface area contributed by atoms with Crippen LogP contribution in [0.4, 0.5) is 11.6 Å². The van der Waals surface area contributed by atoms with E-state index in [1.54, 1.807) is 30.6 Å². The minimum absolute atomic E-state index is 0. The van der Waals surface area contributed by atoms with Crippen molar-refractivity contribution in [2.45, 2.75) is 46.6 Å². The molecule has 2 heterocycles. The SMILES string of the molecule is CC.CC(=O)CCCC(=O)O.Nc1nc2ncc(CNc3ccc([C-]=O)cc3)nc2c(=O)[nH]1.[Na+]. The van der Waals surface area contributed by atoms with E-state index < -0.39 is 11.5 Å². The van der Waals surface area contributed by atoms with Gasteiger partial charge in [0, 0.05) is 18.5 Å². The number of carboxylic acids is 1. The van der Waals surface area contributed by atoms with E-state index in [2.05, 4.69) is 25.3 Å². The van der Waals surface area contributed by atoms with Crippen LogP contribution in [0.1, 0.15) is 51.3 Å². The van der Waals surface area contributed by atoms with E-state index >= 15 is 0 Å². The molecule has 12 heteroatoms. The summed E-state index contributed by atoms with van der Waals surface area (Å²) >= 11 is 0. The number of hydrogen-bond donors (Lipinski definition) is 4. The van der Waals surface area contributed by atoms with Gasteiger partial charge in [0.2, 0.25) is 5.95 Å². The third-order valence-corrected chi connectivity index (χ3v) is 3.88. The fourth-order valence-electron chi connectivity index (χ4n) is 2.39. The maximum Gasteiger partial charge on any atom is 1.00 e. The second kappa shape index (κ2) is 16.5. The second-order valence-electron chi connectivity index (χ2n) is 6.47. The van der Waals surface area contributed by atoms with Gasteiger partial charge in [0.05, 0.1) is 24.7 Å². The number of aromatic amines is 1. The molecule has 176 valence electrons. The Morgan fingerprint density at radius 3 is 2.35 bits per heavy atom. The zero-order chi connectivity index (χ0) is 24.8. The van der Waals surface area contributed by atoms with Gasteiger partial charge in [-0.3, -0.25) is 14.6 Å². The molecule has 34 heavy (non-hydrogen) atoms. The molecule has 0 amide bonds. The van der Waals surface area contributed by atoms with Gasteiger partial charge in [-0.1, -0.05) is 26.0 Å². The molecule has 0 aliphatic heterocycles. The van der Waals surface area contributed by atoms with Crippen LogP contribution in [-0.2, 0) is 20.9 Å². The largest absolute Gasteiger partial charge is 1.00 e. The number of carbonyl (C=O) groups is 2. The summed E-state index contributed by atoms with van der Waals surface area (Å²) in [7, 11) is 0. The Morgan fingerprint density at radius 2 is 1.79 bits per heavy atom. The van der Waals surface area contributed by atoms with Crippen molar-refractivity contribution in [3.8, 4) is 0 Å².